The van der Waals surface area contributed by atoms with Gasteiger partial charge in [-0.2, -0.15) is 5.26 Å². The van der Waals surface area contributed by atoms with Gasteiger partial charge in [0, 0.05) is 16.8 Å². The van der Waals surface area contributed by atoms with E-state index in [4.69, 9.17) is 0 Å². The fourth-order valence-electron chi connectivity index (χ4n) is 2.49. The largest absolute Gasteiger partial charge is 0.297 e. The van der Waals surface area contributed by atoms with Crippen molar-refractivity contribution in [2.75, 3.05) is 5.75 Å². The maximum atomic E-state index is 12.5. The highest BCUT2D eigenvalue weighted by Crippen LogP contribution is 2.26. The van der Waals surface area contributed by atoms with Crippen molar-refractivity contribution in [3.63, 3.8) is 0 Å². The molecule has 0 saturated carbocycles. The monoisotopic (exact) mass is 383 g/mol. The van der Waals surface area contributed by atoms with Gasteiger partial charge < -0.3 is 0 Å². The van der Waals surface area contributed by atoms with Crippen molar-refractivity contribution in [2.24, 2.45) is 0 Å². The Labute approximate surface area is 159 Å². The Hall–Kier alpha value is -2.50. The molecule has 1 aromatic carbocycles. The Balaban J connectivity index is 1.78. The average molecular weight is 384 g/mol. The van der Waals surface area contributed by atoms with Gasteiger partial charge in [-0.25, -0.2) is 4.98 Å². The number of Topliss-reactive ketones (excluding diaryl/α,β-unsaturated/α-hetero) is 1. The number of carbonyl (C=O) groups is 1. The number of thiazole rings is 1. The summed E-state index contributed by atoms with van der Waals surface area (Å²) in [5.41, 5.74) is 2.90. The minimum absolute atomic E-state index is 0.140. The number of benzene rings is 1. The number of carbonyl (C=O) groups excluding carboxylic acids is 1. The van der Waals surface area contributed by atoms with Crippen LogP contribution >= 0.6 is 23.1 Å². The average Bonchev–Trinajstić information content (AvgIpc) is 3.19. The fourth-order valence-corrected chi connectivity index (χ4v) is 4.25. The van der Waals surface area contributed by atoms with Crippen LogP contribution in [0.1, 0.15) is 28.0 Å². The van der Waals surface area contributed by atoms with Gasteiger partial charge in [-0.3, -0.25) is 9.36 Å². The van der Waals surface area contributed by atoms with Crippen LogP contribution in [0.2, 0.25) is 0 Å². The molecule has 0 radical (unpaired) electrons. The molecule has 0 bridgehead atoms. The Kier molecular flexibility index (Phi) is 5.49. The summed E-state index contributed by atoms with van der Waals surface area (Å²) < 4.78 is 1.92. The molecule has 1 atom stereocenters. The van der Waals surface area contributed by atoms with E-state index in [1.165, 1.54) is 23.1 Å². The van der Waals surface area contributed by atoms with Gasteiger partial charge in [0.2, 0.25) is 0 Å². The summed E-state index contributed by atoms with van der Waals surface area (Å²) in [6.45, 7) is 5.74. The van der Waals surface area contributed by atoms with Gasteiger partial charge in [-0.1, -0.05) is 23.9 Å². The summed E-state index contributed by atoms with van der Waals surface area (Å²) in [7, 11) is 0. The molecule has 0 amide bonds. The predicted octanol–water partition coefficient (Wildman–Crippen LogP) is 3.62. The van der Waals surface area contributed by atoms with E-state index in [2.05, 4.69) is 21.3 Å². The van der Waals surface area contributed by atoms with Crippen molar-refractivity contribution in [1.29, 1.82) is 5.26 Å². The predicted molar refractivity (Wildman–Crippen MR) is 102 cm³/mol. The number of ketones is 1. The molecule has 0 fully saturated rings. The minimum Gasteiger partial charge on any atom is -0.297 e. The van der Waals surface area contributed by atoms with Crippen LogP contribution in [0.5, 0.6) is 0 Å². The summed E-state index contributed by atoms with van der Waals surface area (Å²) in [6.07, 6.45) is 0. The van der Waals surface area contributed by atoms with Crippen LogP contribution in [-0.2, 0) is 4.79 Å². The number of nitriles is 1. The zero-order valence-electron chi connectivity index (χ0n) is 14.6. The van der Waals surface area contributed by atoms with E-state index in [9.17, 15) is 10.1 Å². The lowest BCUT2D eigenvalue weighted by molar-refractivity contribution is -0.116. The molecular weight excluding hydrogens is 366 g/mol. The third-order valence-corrected chi connectivity index (χ3v) is 5.71. The number of aromatic nitrogens is 4. The molecule has 0 saturated heterocycles. The highest BCUT2D eigenvalue weighted by Gasteiger charge is 2.24. The van der Waals surface area contributed by atoms with E-state index in [0.717, 1.165) is 22.8 Å². The first kappa shape index (κ1) is 18.3. The fraction of sp³-hybridized carbons (Fsp3) is 0.278. The van der Waals surface area contributed by atoms with E-state index in [-0.39, 0.29) is 11.5 Å². The maximum Gasteiger partial charge on any atom is 0.196 e. The minimum atomic E-state index is -0.836. The molecule has 1 unspecified atom stereocenters. The summed E-state index contributed by atoms with van der Waals surface area (Å²) >= 11 is 2.63. The Morgan fingerprint density at radius 1 is 1.35 bits per heavy atom. The zero-order valence-corrected chi connectivity index (χ0v) is 16.3. The van der Waals surface area contributed by atoms with Gasteiger partial charge in [-0.15, -0.1) is 21.5 Å². The molecule has 3 rings (SSSR count). The third kappa shape index (κ3) is 3.84. The van der Waals surface area contributed by atoms with Crippen molar-refractivity contribution >= 4 is 28.9 Å². The second kappa shape index (κ2) is 7.81. The van der Waals surface area contributed by atoms with Crippen molar-refractivity contribution < 1.29 is 4.79 Å². The number of aryl methyl sites for hydroxylation is 3. The smallest absolute Gasteiger partial charge is 0.196 e. The van der Waals surface area contributed by atoms with Crippen LogP contribution in [0, 0.1) is 32.1 Å². The van der Waals surface area contributed by atoms with Crippen LogP contribution in [-0.4, -0.2) is 31.3 Å². The van der Waals surface area contributed by atoms with Crippen molar-refractivity contribution in [2.45, 2.75) is 31.8 Å². The molecule has 132 valence electrons. The summed E-state index contributed by atoms with van der Waals surface area (Å²) in [4.78, 5) is 16.8. The highest BCUT2D eigenvalue weighted by molar-refractivity contribution is 7.99. The first-order valence-electron chi connectivity index (χ1n) is 7.96. The Bertz CT molecular complexity index is 986. The molecule has 3 aromatic rings. The van der Waals surface area contributed by atoms with Crippen LogP contribution in [0.15, 0.2) is 34.8 Å². The maximum absolute atomic E-state index is 12.5. The van der Waals surface area contributed by atoms with Gasteiger partial charge >= 0.3 is 0 Å². The molecule has 8 heteroatoms. The van der Waals surface area contributed by atoms with Gasteiger partial charge in [0.25, 0.3) is 0 Å². The number of hydrogen-bond donors (Lipinski definition) is 0. The van der Waals surface area contributed by atoms with E-state index in [1.807, 2.05) is 55.0 Å². The molecule has 0 spiro atoms. The molecule has 0 aliphatic carbocycles. The standard InChI is InChI=1S/C18H17N5OS2/c1-11-5-4-6-14(7-11)23-13(3)21-22-18(23)26-10-16(24)15(8-19)17-20-12(2)9-25-17/h4-7,9,15H,10H2,1-3H3. The van der Waals surface area contributed by atoms with Gasteiger partial charge in [0.1, 0.15) is 10.8 Å². The molecule has 26 heavy (non-hydrogen) atoms. The summed E-state index contributed by atoms with van der Waals surface area (Å²) in [5.74, 6) is -0.125. The molecule has 2 heterocycles. The van der Waals surface area contributed by atoms with Crippen LogP contribution in [0.25, 0.3) is 5.69 Å². The number of hydrogen-bond acceptors (Lipinski definition) is 7. The highest BCUT2D eigenvalue weighted by atomic mass is 32.2. The van der Waals surface area contributed by atoms with Crippen molar-refractivity contribution in [1.82, 2.24) is 19.7 Å². The van der Waals surface area contributed by atoms with Crippen LogP contribution < -0.4 is 0 Å². The number of nitrogens with zero attached hydrogens (tertiary/aromatic N) is 5. The lowest BCUT2D eigenvalue weighted by Gasteiger charge is -2.09. The quantitative estimate of drug-likeness (QED) is 0.605. The summed E-state index contributed by atoms with van der Waals surface area (Å²) in [6, 6.07) is 10.1. The SMILES string of the molecule is Cc1cccc(-n2c(C)nnc2SCC(=O)C(C#N)c2nc(C)cs2)c1. The number of thioether (sulfide) groups is 1. The van der Waals surface area contributed by atoms with E-state index in [1.54, 1.807) is 0 Å². The van der Waals surface area contributed by atoms with Crippen LogP contribution in [0.4, 0.5) is 0 Å². The Morgan fingerprint density at radius 2 is 2.15 bits per heavy atom. The molecule has 6 nitrogen and oxygen atoms in total. The second-order valence-electron chi connectivity index (χ2n) is 5.85. The van der Waals surface area contributed by atoms with Gasteiger partial charge in [0.15, 0.2) is 16.9 Å². The normalized spacial score (nSPS) is 11.9. The van der Waals surface area contributed by atoms with E-state index >= 15 is 0 Å². The van der Waals surface area contributed by atoms with Gasteiger partial charge in [-0.05, 0) is 38.5 Å². The topological polar surface area (TPSA) is 84.5 Å². The molecule has 0 aliphatic rings. The molecular formula is C18H17N5OS2. The molecule has 0 aliphatic heterocycles. The number of rotatable bonds is 6. The first-order chi connectivity index (χ1) is 12.5. The van der Waals surface area contributed by atoms with Crippen molar-refractivity contribution in [3.05, 3.63) is 51.7 Å². The van der Waals surface area contributed by atoms with E-state index < -0.39 is 5.92 Å². The van der Waals surface area contributed by atoms with Crippen molar-refractivity contribution in [3.8, 4) is 11.8 Å². The van der Waals surface area contributed by atoms with Crippen LogP contribution in [0.3, 0.4) is 0 Å². The lowest BCUT2D eigenvalue weighted by Crippen LogP contribution is -2.13. The zero-order chi connectivity index (χ0) is 18.7. The lowest BCUT2D eigenvalue weighted by atomic mass is 10.1. The molecule has 2 aromatic heterocycles. The second-order valence-corrected chi connectivity index (χ2v) is 7.68. The Morgan fingerprint density at radius 3 is 2.81 bits per heavy atom. The summed E-state index contributed by atoms with van der Waals surface area (Å²) in [5, 5.41) is 20.7. The van der Waals surface area contributed by atoms with Gasteiger partial charge in [0.05, 0.1) is 11.8 Å². The van der Waals surface area contributed by atoms with E-state index in [0.29, 0.717) is 10.2 Å². The first-order valence-corrected chi connectivity index (χ1v) is 9.82. The third-order valence-electron chi connectivity index (χ3n) is 3.73. The molecule has 0 N–H and O–H groups in total.